The molecule has 2 aromatic carbocycles. The number of hydrogen-bond donors (Lipinski definition) is 2. The highest BCUT2D eigenvalue weighted by atomic mass is 16.5. The molecule has 1 aliphatic rings. The molecular weight excluding hydrogens is 342 g/mol. The quantitative estimate of drug-likeness (QED) is 0.771. The highest BCUT2D eigenvalue weighted by Gasteiger charge is 2.20. The normalized spacial score (nSPS) is 12.9. The maximum atomic E-state index is 12.4. The van der Waals surface area contributed by atoms with Gasteiger partial charge in [0.2, 0.25) is 0 Å². The zero-order valence-corrected chi connectivity index (χ0v) is 15.5. The Hall–Kier alpha value is -3.02. The molecule has 0 aromatic heterocycles. The van der Waals surface area contributed by atoms with Crippen molar-refractivity contribution < 1.29 is 14.3 Å². The highest BCUT2D eigenvalue weighted by molar-refractivity contribution is 5.94. The first kappa shape index (κ1) is 18.8. The third-order valence-electron chi connectivity index (χ3n) is 4.51. The van der Waals surface area contributed by atoms with E-state index in [1.165, 1.54) is 5.56 Å². The van der Waals surface area contributed by atoms with Crippen molar-refractivity contribution in [3.63, 3.8) is 0 Å². The van der Waals surface area contributed by atoms with Crippen LogP contribution in [0.25, 0.3) is 0 Å². The molecule has 6 nitrogen and oxygen atoms in total. The molecule has 0 saturated heterocycles. The second kappa shape index (κ2) is 9.07. The SMILES string of the molecule is CCOc1ccc2c(c1)CN(C(=O)NCCNC(=O)c1ccccc1)CC2. The number of benzene rings is 2. The van der Waals surface area contributed by atoms with Gasteiger partial charge in [0, 0.05) is 31.7 Å². The van der Waals surface area contributed by atoms with E-state index in [1.807, 2.05) is 37.3 Å². The fourth-order valence-corrected chi connectivity index (χ4v) is 3.11. The summed E-state index contributed by atoms with van der Waals surface area (Å²) in [5.41, 5.74) is 3.00. The van der Waals surface area contributed by atoms with E-state index in [1.54, 1.807) is 17.0 Å². The molecule has 0 aliphatic carbocycles. The zero-order chi connectivity index (χ0) is 19.1. The minimum atomic E-state index is -0.139. The largest absolute Gasteiger partial charge is 0.494 e. The molecule has 1 heterocycles. The Balaban J connectivity index is 1.45. The summed E-state index contributed by atoms with van der Waals surface area (Å²) in [5.74, 6) is 0.697. The van der Waals surface area contributed by atoms with Gasteiger partial charge in [0.1, 0.15) is 5.75 Å². The summed E-state index contributed by atoms with van der Waals surface area (Å²) in [7, 11) is 0. The van der Waals surface area contributed by atoms with E-state index >= 15 is 0 Å². The number of urea groups is 1. The second-order valence-electron chi connectivity index (χ2n) is 6.39. The smallest absolute Gasteiger partial charge is 0.317 e. The van der Waals surface area contributed by atoms with Gasteiger partial charge < -0.3 is 20.3 Å². The van der Waals surface area contributed by atoms with E-state index in [4.69, 9.17) is 4.74 Å². The number of fused-ring (bicyclic) bond motifs is 1. The van der Waals surface area contributed by atoms with Crippen molar-refractivity contribution in [3.05, 3.63) is 65.2 Å². The third-order valence-corrected chi connectivity index (χ3v) is 4.51. The lowest BCUT2D eigenvalue weighted by Crippen LogP contribution is -2.45. The van der Waals surface area contributed by atoms with Crippen molar-refractivity contribution in [1.82, 2.24) is 15.5 Å². The zero-order valence-electron chi connectivity index (χ0n) is 15.5. The van der Waals surface area contributed by atoms with E-state index < -0.39 is 0 Å². The minimum absolute atomic E-state index is 0.114. The van der Waals surface area contributed by atoms with E-state index in [2.05, 4.69) is 16.7 Å². The first-order valence-corrected chi connectivity index (χ1v) is 9.28. The van der Waals surface area contributed by atoms with Crippen LogP contribution in [0.15, 0.2) is 48.5 Å². The van der Waals surface area contributed by atoms with E-state index in [9.17, 15) is 9.59 Å². The fraction of sp³-hybridized carbons (Fsp3) is 0.333. The number of carbonyl (C=O) groups is 2. The van der Waals surface area contributed by atoms with Crippen LogP contribution in [-0.2, 0) is 13.0 Å². The Morgan fingerprint density at radius 1 is 1.04 bits per heavy atom. The van der Waals surface area contributed by atoms with Gasteiger partial charge in [0.15, 0.2) is 0 Å². The third kappa shape index (κ3) is 5.00. The average Bonchev–Trinajstić information content (AvgIpc) is 2.71. The van der Waals surface area contributed by atoms with Crippen LogP contribution >= 0.6 is 0 Å². The molecule has 2 N–H and O–H groups in total. The van der Waals surface area contributed by atoms with Crippen LogP contribution in [0, 0.1) is 0 Å². The molecule has 2 aromatic rings. The van der Waals surface area contributed by atoms with Gasteiger partial charge in [-0.2, -0.15) is 0 Å². The average molecular weight is 367 g/mol. The number of rotatable bonds is 6. The Morgan fingerprint density at radius 3 is 2.59 bits per heavy atom. The van der Waals surface area contributed by atoms with Gasteiger partial charge in [0.05, 0.1) is 6.61 Å². The Kier molecular flexibility index (Phi) is 6.30. The summed E-state index contributed by atoms with van der Waals surface area (Å²) in [4.78, 5) is 26.2. The summed E-state index contributed by atoms with van der Waals surface area (Å²) in [6.45, 7) is 4.60. The molecule has 27 heavy (non-hydrogen) atoms. The van der Waals surface area contributed by atoms with Gasteiger partial charge >= 0.3 is 6.03 Å². The minimum Gasteiger partial charge on any atom is -0.494 e. The summed E-state index contributed by atoms with van der Waals surface area (Å²) < 4.78 is 5.55. The molecule has 6 heteroatoms. The second-order valence-corrected chi connectivity index (χ2v) is 6.39. The molecule has 0 fully saturated rings. The van der Waals surface area contributed by atoms with Crippen molar-refractivity contribution in [3.8, 4) is 5.75 Å². The molecule has 0 spiro atoms. The number of carbonyl (C=O) groups excluding carboxylic acids is 2. The highest BCUT2D eigenvalue weighted by Crippen LogP contribution is 2.23. The Labute approximate surface area is 159 Å². The maximum Gasteiger partial charge on any atom is 0.317 e. The number of ether oxygens (including phenoxy) is 1. The predicted molar refractivity (Wildman–Crippen MR) is 104 cm³/mol. The molecule has 142 valence electrons. The van der Waals surface area contributed by atoms with Gasteiger partial charge in [-0.3, -0.25) is 4.79 Å². The van der Waals surface area contributed by atoms with Crippen molar-refractivity contribution in [2.45, 2.75) is 19.9 Å². The van der Waals surface area contributed by atoms with Crippen LogP contribution in [0.3, 0.4) is 0 Å². The number of hydrogen-bond acceptors (Lipinski definition) is 3. The molecule has 1 aliphatic heterocycles. The lowest BCUT2D eigenvalue weighted by molar-refractivity contribution is 0.0953. The Bertz CT molecular complexity index is 793. The van der Waals surface area contributed by atoms with Gasteiger partial charge in [-0.05, 0) is 48.7 Å². The summed E-state index contributed by atoms with van der Waals surface area (Å²) in [6, 6.07) is 15.0. The van der Waals surface area contributed by atoms with Gasteiger partial charge in [-0.25, -0.2) is 4.79 Å². The maximum absolute atomic E-state index is 12.4. The predicted octanol–water partition coefficient (Wildman–Crippen LogP) is 2.58. The standard InChI is InChI=1S/C21H25N3O3/c1-2-27-19-9-8-16-10-13-24(15-18(16)14-19)21(26)23-12-11-22-20(25)17-6-4-3-5-7-17/h3-9,14H,2,10-13,15H2,1H3,(H,22,25)(H,23,26). The molecule has 3 rings (SSSR count). The number of nitrogens with one attached hydrogen (secondary N) is 2. The van der Waals surface area contributed by atoms with Gasteiger partial charge in [-0.1, -0.05) is 24.3 Å². The molecule has 0 unspecified atom stereocenters. The molecule has 3 amide bonds. The lowest BCUT2D eigenvalue weighted by Gasteiger charge is -2.29. The first-order valence-electron chi connectivity index (χ1n) is 9.28. The fourth-order valence-electron chi connectivity index (χ4n) is 3.11. The van der Waals surface area contributed by atoms with Gasteiger partial charge in [0.25, 0.3) is 5.91 Å². The first-order chi connectivity index (χ1) is 13.2. The van der Waals surface area contributed by atoms with Crippen molar-refractivity contribution in [2.24, 2.45) is 0 Å². The molecule has 0 bridgehead atoms. The monoisotopic (exact) mass is 367 g/mol. The molecule has 0 atom stereocenters. The topological polar surface area (TPSA) is 70.7 Å². The molecular formula is C21H25N3O3. The van der Waals surface area contributed by atoms with E-state index in [0.717, 1.165) is 17.7 Å². The summed E-state index contributed by atoms with van der Waals surface area (Å²) in [5, 5.41) is 5.68. The number of nitrogens with zero attached hydrogens (tertiary/aromatic N) is 1. The summed E-state index contributed by atoms with van der Waals surface area (Å²) >= 11 is 0. The van der Waals surface area contributed by atoms with E-state index in [0.29, 0.717) is 38.3 Å². The van der Waals surface area contributed by atoms with Crippen LogP contribution in [0.1, 0.15) is 28.4 Å². The van der Waals surface area contributed by atoms with Crippen molar-refractivity contribution in [2.75, 3.05) is 26.2 Å². The Morgan fingerprint density at radius 2 is 1.81 bits per heavy atom. The van der Waals surface area contributed by atoms with Crippen LogP contribution in [0.4, 0.5) is 4.79 Å². The number of amides is 3. The van der Waals surface area contributed by atoms with Crippen LogP contribution < -0.4 is 15.4 Å². The van der Waals surface area contributed by atoms with Gasteiger partial charge in [-0.15, -0.1) is 0 Å². The lowest BCUT2D eigenvalue weighted by atomic mass is 10.00. The van der Waals surface area contributed by atoms with Crippen LogP contribution in [0.5, 0.6) is 5.75 Å². The summed E-state index contributed by atoms with van der Waals surface area (Å²) in [6.07, 6.45) is 0.833. The molecule has 0 saturated carbocycles. The van der Waals surface area contributed by atoms with E-state index in [-0.39, 0.29) is 11.9 Å². The van der Waals surface area contributed by atoms with Crippen LogP contribution in [-0.4, -0.2) is 43.1 Å². The molecule has 0 radical (unpaired) electrons. The van der Waals surface area contributed by atoms with Crippen LogP contribution in [0.2, 0.25) is 0 Å². The van der Waals surface area contributed by atoms with Crippen molar-refractivity contribution in [1.29, 1.82) is 0 Å². The van der Waals surface area contributed by atoms with Crippen molar-refractivity contribution >= 4 is 11.9 Å².